The molecule has 564 valence electrons. The molecule has 0 spiro atoms. The Balaban J connectivity index is 5.18. The molecule has 0 aliphatic carbocycles. The predicted octanol–water partition coefficient (Wildman–Crippen LogP) is 22.5. The minimum absolute atomic E-state index is 0.106. The van der Waals surface area contributed by atoms with Crippen molar-refractivity contribution in [3.63, 3.8) is 0 Å². The third kappa shape index (κ3) is 70.3. The average Bonchev–Trinajstić information content (AvgIpc) is 1.65. The fourth-order valence-electron chi connectivity index (χ4n) is 11.7. The summed E-state index contributed by atoms with van der Waals surface area (Å²) in [6, 6.07) is 0. The van der Waals surface area contributed by atoms with Crippen LogP contribution in [0.15, 0.2) is 0 Å². The molecule has 0 saturated heterocycles. The van der Waals surface area contributed by atoms with E-state index in [0.29, 0.717) is 25.7 Å². The number of aliphatic hydroxyl groups is 1. The van der Waals surface area contributed by atoms with Crippen LogP contribution in [-0.4, -0.2) is 96.7 Å². The summed E-state index contributed by atoms with van der Waals surface area (Å²) in [6.07, 6.45) is 58.4. The second kappa shape index (κ2) is 69.2. The Morgan fingerprint density at radius 3 is 0.716 bits per heavy atom. The van der Waals surface area contributed by atoms with Crippen LogP contribution in [0, 0.1) is 5.92 Å². The summed E-state index contributed by atoms with van der Waals surface area (Å²) in [4.78, 5) is 72.7. The van der Waals surface area contributed by atoms with Gasteiger partial charge >= 0.3 is 39.5 Å². The highest BCUT2D eigenvalue weighted by Crippen LogP contribution is 2.45. The summed E-state index contributed by atoms with van der Waals surface area (Å²) in [7, 11) is -9.90. The van der Waals surface area contributed by atoms with Crippen LogP contribution in [0.4, 0.5) is 0 Å². The lowest BCUT2D eigenvalue weighted by molar-refractivity contribution is -0.161. The molecular weight excluding hydrogens is 1250 g/mol. The quantitative estimate of drug-likeness (QED) is 0.0222. The second-order valence-corrected chi connectivity index (χ2v) is 30.8. The fourth-order valence-corrected chi connectivity index (χ4v) is 13.3. The highest BCUT2D eigenvalue weighted by molar-refractivity contribution is 7.47. The van der Waals surface area contributed by atoms with Crippen molar-refractivity contribution in [1.29, 1.82) is 0 Å². The first-order valence-electron chi connectivity index (χ1n) is 39.6. The number of phosphoric ester groups is 2. The molecule has 95 heavy (non-hydrogen) atoms. The topological polar surface area (TPSA) is 237 Å². The van der Waals surface area contributed by atoms with Gasteiger partial charge < -0.3 is 33.8 Å². The Morgan fingerprint density at radius 2 is 0.484 bits per heavy atom. The summed E-state index contributed by atoms with van der Waals surface area (Å²) in [5.41, 5.74) is 0. The maximum absolute atomic E-state index is 13.1. The largest absolute Gasteiger partial charge is 0.472 e. The zero-order chi connectivity index (χ0) is 69.8. The van der Waals surface area contributed by atoms with E-state index in [2.05, 4.69) is 34.6 Å². The SMILES string of the molecule is CCCCCCCCCCCCCCCCCCCCCC(=O)O[C@H](COC(=O)CCCCCCCCCCCCCCCCCC)COP(=O)(O)OC[C@@H](O)COP(=O)(O)OC[C@@H](COC(=O)CCCCCCCCC)OC(=O)CCCCCCCCCCCCC(C)C. The maximum Gasteiger partial charge on any atom is 0.472 e. The lowest BCUT2D eigenvalue weighted by Gasteiger charge is -2.21. The molecule has 0 saturated carbocycles. The van der Waals surface area contributed by atoms with Crippen LogP contribution in [0.5, 0.6) is 0 Å². The van der Waals surface area contributed by atoms with Crippen molar-refractivity contribution in [1.82, 2.24) is 0 Å². The minimum atomic E-state index is -4.96. The molecule has 2 unspecified atom stereocenters. The van der Waals surface area contributed by atoms with Crippen LogP contribution in [-0.2, 0) is 65.4 Å². The first-order valence-corrected chi connectivity index (χ1v) is 42.6. The van der Waals surface area contributed by atoms with Gasteiger partial charge in [0, 0.05) is 25.7 Å². The van der Waals surface area contributed by atoms with Gasteiger partial charge in [-0.3, -0.25) is 37.3 Å². The van der Waals surface area contributed by atoms with Crippen molar-refractivity contribution < 1.29 is 80.2 Å². The number of phosphoric acid groups is 2. The number of aliphatic hydroxyl groups excluding tert-OH is 1. The van der Waals surface area contributed by atoms with Crippen molar-refractivity contribution >= 4 is 39.5 Å². The van der Waals surface area contributed by atoms with Crippen molar-refractivity contribution in [3.8, 4) is 0 Å². The van der Waals surface area contributed by atoms with Gasteiger partial charge in [-0.25, -0.2) is 9.13 Å². The van der Waals surface area contributed by atoms with Gasteiger partial charge in [-0.15, -0.1) is 0 Å². The first kappa shape index (κ1) is 93.1. The van der Waals surface area contributed by atoms with E-state index < -0.39 is 97.5 Å². The number of hydrogen-bond donors (Lipinski definition) is 3. The Hall–Kier alpha value is -1.94. The number of hydrogen-bond acceptors (Lipinski definition) is 15. The minimum Gasteiger partial charge on any atom is -0.462 e. The molecule has 0 aromatic carbocycles. The van der Waals surface area contributed by atoms with E-state index in [1.807, 2.05) is 0 Å². The van der Waals surface area contributed by atoms with E-state index in [0.717, 1.165) is 109 Å². The van der Waals surface area contributed by atoms with Crippen LogP contribution in [0.2, 0.25) is 0 Å². The molecule has 17 nitrogen and oxygen atoms in total. The molecular formula is C76H148O17P2. The van der Waals surface area contributed by atoms with E-state index in [1.165, 1.54) is 212 Å². The Kier molecular flexibility index (Phi) is 67.7. The molecule has 0 rings (SSSR count). The maximum atomic E-state index is 13.1. The van der Waals surface area contributed by atoms with Gasteiger partial charge in [-0.1, -0.05) is 349 Å². The Bertz CT molecular complexity index is 1820. The number of ether oxygens (including phenoxy) is 4. The van der Waals surface area contributed by atoms with Gasteiger partial charge in [0.05, 0.1) is 26.4 Å². The molecule has 0 fully saturated rings. The number of unbranched alkanes of at least 4 members (excludes halogenated alkanes) is 48. The predicted molar refractivity (Wildman–Crippen MR) is 386 cm³/mol. The van der Waals surface area contributed by atoms with Crippen molar-refractivity contribution in [2.24, 2.45) is 5.92 Å². The number of rotatable bonds is 76. The van der Waals surface area contributed by atoms with Crippen molar-refractivity contribution in [2.75, 3.05) is 39.6 Å². The lowest BCUT2D eigenvalue weighted by Crippen LogP contribution is -2.30. The molecule has 0 aliphatic heterocycles. The normalized spacial score (nSPS) is 13.9. The molecule has 5 atom stereocenters. The summed E-state index contributed by atoms with van der Waals surface area (Å²) in [5.74, 6) is -1.37. The monoisotopic (exact) mass is 1400 g/mol. The molecule has 0 amide bonds. The highest BCUT2D eigenvalue weighted by Gasteiger charge is 2.30. The van der Waals surface area contributed by atoms with Gasteiger partial charge in [0.1, 0.15) is 19.3 Å². The average molecular weight is 1400 g/mol. The van der Waals surface area contributed by atoms with Crippen LogP contribution in [0.3, 0.4) is 0 Å². The smallest absolute Gasteiger partial charge is 0.462 e. The zero-order valence-electron chi connectivity index (χ0n) is 61.8. The molecule has 0 aromatic heterocycles. The third-order valence-electron chi connectivity index (χ3n) is 17.8. The van der Waals surface area contributed by atoms with Crippen molar-refractivity contribution in [3.05, 3.63) is 0 Å². The second-order valence-electron chi connectivity index (χ2n) is 27.9. The van der Waals surface area contributed by atoms with Gasteiger partial charge in [0.2, 0.25) is 0 Å². The van der Waals surface area contributed by atoms with Gasteiger partial charge in [-0.05, 0) is 31.6 Å². The highest BCUT2D eigenvalue weighted by atomic mass is 31.2. The standard InChI is InChI=1S/C76H148O17P2/c1-6-9-12-15-18-20-22-24-26-28-29-30-32-34-36-41-46-51-56-61-75(80)93-72(66-87-74(79)60-55-50-45-40-35-33-31-27-25-23-21-19-16-13-10-7-2)68-91-95(84,85)89-64-70(77)63-88-94(82,83)90-67-71(65-86-73(78)59-54-49-43-17-14-11-8-3)92-76(81)62-57-52-47-42-38-37-39-44-48-53-58-69(4)5/h69-72,77H,6-68H2,1-5H3,(H,82,83)(H,84,85)/t70-,71+,72+/m0/s1. The van der Waals surface area contributed by atoms with Crippen LogP contribution in [0.1, 0.15) is 401 Å². The van der Waals surface area contributed by atoms with Gasteiger partial charge in [0.25, 0.3) is 0 Å². The molecule has 0 heterocycles. The third-order valence-corrected chi connectivity index (χ3v) is 19.7. The molecule has 0 radical (unpaired) electrons. The van der Waals surface area contributed by atoms with Crippen LogP contribution < -0.4 is 0 Å². The molecule has 0 bridgehead atoms. The molecule has 0 aromatic rings. The zero-order valence-corrected chi connectivity index (χ0v) is 63.6. The summed E-state index contributed by atoms with van der Waals surface area (Å²) in [5, 5.41) is 10.6. The van der Waals surface area contributed by atoms with E-state index >= 15 is 0 Å². The van der Waals surface area contributed by atoms with E-state index in [4.69, 9.17) is 37.0 Å². The van der Waals surface area contributed by atoms with E-state index in [-0.39, 0.29) is 25.7 Å². The first-order chi connectivity index (χ1) is 46.0. The van der Waals surface area contributed by atoms with Crippen molar-refractivity contribution in [2.45, 2.75) is 419 Å². The van der Waals surface area contributed by atoms with Gasteiger partial charge in [-0.2, -0.15) is 0 Å². The summed E-state index contributed by atoms with van der Waals surface area (Å²) < 4.78 is 68.4. The number of carbonyl (C=O) groups is 4. The molecule has 3 N–H and O–H groups in total. The number of esters is 4. The lowest BCUT2D eigenvalue weighted by atomic mass is 10.0. The van der Waals surface area contributed by atoms with Crippen LogP contribution in [0.25, 0.3) is 0 Å². The Morgan fingerprint density at radius 1 is 0.284 bits per heavy atom. The summed E-state index contributed by atoms with van der Waals surface area (Å²) >= 11 is 0. The van der Waals surface area contributed by atoms with E-state index in [1.54, 1.807) is 0 Å². The summed E-state index contributed by atoms with van der Waals surface area (Å²) in [6.45, 7) is 7.24. The van der Waals surface area contributed by atoms with Gasteiger partial charge in [0.15, 0.2) is 12.2 Å². The van der Waals surface area contributed by atoms with E-state index in [9.17, 15) is 43.2 Å². The molecule has 0 aliphatic rings. The van der Waals surface area contributed by atoms with Crippen LogP contribution >= 0.6 is 15.6 Å². The number of carbonyl (C=O) groups excluding carboxylic acids is 4. The fraction of sp³-hybridized carbons (Fsp3) is 0.947. The Labute approximate surface area is 581 Å². The molecule has 19 heteroatoms.